The highest BCUT2D eigenvalue weighted by atomic mass is 16.5. The normalized spacial score (nSPS) is 22.0. The topological polar surface area (TPSA) is 38.8 Å². The van der Waals surface area contributed by atoms with E-state index in [-0.39, 0.29) is 18.0 Å². The number of carbonyl (C=O) groups excluding carboxylic acids is 1. The fourth-order valence-electron chi connectivity index (χ4n) is 4.91. The summed E-state index contributed by atoms with van der Waals surface area (Å²) in [6, 6.07) is 26.0. The number of piperidine rings is 1. The van der Waals surface area contributed by atoms with Gasteiger partial charge in [-0.15, -0.1) is 0 Å². The molecular weight excluding hydrogens is 398 g/mol. The average molecular weight is 428 g/mol. The maximum Gasteiger partial charge on any atom is 0.170 e. The molecule has 2 aliphatic heterocycles. The summed E-state index contributed by atoms with van der Waals surface area (Å²) in [6.45, 7) is 2.14. The molecule has 0 spiro atoms. The van der Waals surface area contributed by atoms with Gasteiger partial charge in [0.1, 0.15) is 23.7 Å². The minimum Gasteiger partial charge on any atom is -0.485 e. The number of Topliss-reactive ketones (excluding diaryl/α,β-unsaturated/α-hetero) is 1. The van der Waals surface area contributed by atoms with Gasteiger partial charge in [0.2, 0.25) is 0 Å². The molecule has 1 fully saturated rings. The summed E-state index contributed by atoms with van der Waals surface area (Å²) in [4.78, 5) is 15.4. The molecule has 0 radical (unpaired) electrons. The van der Waals surface area contributed by atoms with Crippen LogP contribution in [0.5, 0.6) is 11.5 Å². The maximum absolute atomic E-state index is 13.0. The second-order valence-electron chi connectivity index (χ2n) is 8.92. The first-order valence-electron chi connectivity index (χ1n) is 11.5. The van der Waals surface area contributed by atoms with Gasteiger partial charge in [-0.1, -0.05) is 60.7 Å². The highest BCUT2D eigenvalue weighted by Crippen LogP contribution is 2.39. The number of benzene rings is 3. The first-order chi connectivity index (χ1) is 15.7. The predicted molar refractivity (Wildman–Crippen MR) is 125 cm³/mol. The smallest absolute Gasteiger partial charge is 0.170 e. The molecule has 0 aromatic heterocycles. The van der Waals surface area contributed by atoms with Crippen LogP contribution >= 0.6 is 0 Å². The van der Waals surface area contributed by atoms with Crippen molar-refractivity contribution in [3.05, 3.63) is 95.6 Å². The van der Waals surface area contributed by atoms with Crippen LogP contribution in [0.4, 0.5) is 0 Å². The molecule has 3 aromatic rings. The van der Waals surface area contributed by atoms with E-state index < -0.39 is 0 Å². The second-order valence-corrected chi connectivity index (χ2v) is 8.92. The van der Waals surface area contributed by atoms with Crippen LogP contribution in [-0.4, -0.2) is 30.8 Å². The van der Waals surface area contributed by atoms with E-state index in [9.17, 15) is 4.79 Å². The number of likely N-dealkylation sites (tertiary alicyclic amines) is 1. The van der Waals surface area contributed by atoms with Gasteiger partial charge in [-0.05, 0) is 55.8 Å². The molecular formula is C28H29NO3. The Hall–Kier alpha value is -3.11. The number of rotatable bonds is 5. The van der Waals surface area contributed by atoms with Crippen LogP contribution in [0.1, 0.15) is 53.0 Å². The summed E-state index contributed by atoms with van der Waals surface area (Å²) < 4.78 is 12.8. The zero-order valence-electron chi connectivity index (χ0n) is 18.4. The zero-order chi connectivity index (χ0) is 21.9. The summed E-state index contributed by atoms with van der Waals surface area (Å²) >= 11 is 0. The van der Waals surface area contributed by atoms with Crippen molar-refractivity contribution in [2.75, 3.05) is 20.1 Å². The molecule has 0 aliphatic carbocycles. The van der Waals surface area contributed by atoms with E-state index in [1.165, 1.54) is 12.0 Å². The molecule has 4 heteroatoms. The summed E-state index contributed by atoms with van der Waals surface area (Å²) in [5, 5.41) is 0. The molecule has 0 bridgehead atoms. The van der Waals surface area contributed by atoms with Crippen LogP contribution < -0.4 is 9.47 Å². The van der Waals surface area contributed by atoms with E-state index in [1.807, 2.05) is 54.6 Å². The fourth-order valence-corrected chi connectivity index (χ4v) is 4.91. The van der Waals surface area contributed by atoms with E-state index in [1.54, 1.807) is 0 Å². The Labute approximate surface area is 189 Å². The lowest BCUT2D eigenvalue weighted by atomic mass is 9.88. The zero-order valence-corrected chi connectivity index (χ0v) is 18.4. The van der Waals surface area contributed by atoms with Crippen LogP contribution in [-0.2, 0) is 0 Å². The molecule has 5 rings (SSSR count). The number of ether oxygens (including phenoxy) is 2. The van der Waals surface area contributed by atoms with Gasteiger partial charge >= 0.3 is 0 Å². The number of carbonyl (C=O) groups is 1. The number of nitrogens with zero attached hydrogens (tertiary/aromatic N) is 1. The summed E-state index contributed by atoms with van der Waals surface area (Å²) in [5.41, 5.74) is 2.82. The fraction of sp³-hybridized carbons (Fsp3) is 0.321. The monoisotopic (exact) mass is 427 g/mol. The standard InChI is InChI=1S/C28H29NO3/c1-29-16-8-13-22(19-29)28(21-11-6-3-7-12-21)31-23-14-15-26-24(17-23)25(30)18-27(32-26)20-9-4-2-5-10-20/h2-7,9-12,14-15,17,22,27-28H,8,13,16,18-19H2,1H3. The highest BCUT2D eigenvalue weighted by Gasteiger charge is 2.31. The summed E-state index contributed by atoms with van der Waals surface area (Å²) in [7, 11) is 2.17. The highest BCUT2D eigenvalue weighted by molar-refractivity contribution is 6.00. The van der Waals surface area contributed by atoms with Gasteiger partial charge in [0, 0.05) is 12.5 Å². The molecule has 2 heterocycles. The Kier molecular flexibility index (Phi) is 5.95. The van der Waals surface area contributed by atoms with Gasteiger partial charge in [0.15, 0.2) is 5.78 Å². The summed E-state index contributed by atoms with van der Waals surface area (Å²) in [5.74, 6) is 1.86. The van der Waals surface area contributed by atoms with E-state index in [4.69, 9.17) is 9.47 Å². The minimum absolute atomic E-state index is 0.0475. The van der Waals surface area contributed by atoms with Crippen molar-refractivity contribution in [1.29, 1.82) is 0 Å². The van der Waals surface area contributed by atoms with E-state index in [0.717, 1.165) is 30.8 Å². The lowest BCUT2D eigenvalue weighted by molar-refractivity contribution is 0.0763. The minimum atomic E-state index is -0.238. The van der Waals surface area contributed by atoms with Crippen molar-refractivity contribution < 1.29 is 14.3 Å². The first-order valence-corrected chi connectivity index (χ1v) is 11.5. The van der Waals surface area contributed by atoms with Gasteiger partial charge in [0.25, 0.3) is 0 Å². The van der Waals surface area contributed by atoms with E-state index >= 15 is 0 Å². The van der Waals surface area contributed by atoms with Gasteiger partial charge in [0.05, 0.1) is 12.0 Å². The molecule has 0 saturated carbocycles. The molecule has 1 saturated heterocycles. The molecule has 3 unspecified atom stereocenters. The Morgan fingerprint density at radius 3 is 2.50 bits per heavy atom. The lowest BCUT2D eigenvalue weighted by Gasteiger charge is -2.35. The van der Waals surface area contributed by atoms with E-state index in [0.29, 0.717) is 23.7 Å². The third-order valence-electron chi connectivity index (χ3n) is 6.54. The molecule has 3 atom stereocenters. The SMILES string of the molecule is CN1CCCC(C(Oc2ccc3c(c2)C(=O)CC(c2ccccc2)O3)c2ccccc2)C1. The van der Waals surface area contributed by atoms with Crippen LogP contribution in [0, 0.1) is 5.92 Å². The molecule has 164 valence electrons. The Morgan fingerprint density at radius 2 is 1.75 bits per heavy atom. The molecule has 0 amide bonds. The van der Waals surface area contributed by atoms with Gasteiger partial charge in [-0.25, -0.2) is 0 Å². The van der Waals surface area contributed by atoms with Gasteiger partial charge < -0.3 is 14.4 Å². The third-order valence-corrected chi connectivity index (χ3v) is 6.54. The lowest BCUT2D eigenvalue weighted by Crippen LogP contribution is -2.36. The van der Waals surface area contributed by atoms with Crippen molar-refractivity contribution >= 4 is 5.78 Å². The van der Waals surface area contributed by atoms with Crippen LogP contribution in [0.3, 0.4) is 0 Å². The number of hydrogen-bond donors (Lipinski definition) is 0. The number of ketones is 1. The van der Waals surface area contributed by atoms with Crippen molar-refractivity contribution in [2.45, 2.75) is 31.5 Å². The third kappa shape index (κ3) is 4.42. The average Bonchev–Trinajstić information content (AvgIpc) is 2.84. The number of fused-ring (bicyclic) bond motifs is 1. The van der Waals surface area contributed by atoms with Crippen molar-refractivity contribution in [3.8, 4) is 11.5 Å². The van der Waals surface area contributed by atoms with Crippen molar-refractivity contribution in [1.82, 2.24) is 4.90 Å². The van der Waals surface area contributed by atoms with E-state index in [2.05, 4.69) is 36.2 Å². The molecule has 0 N–H and O–H groups in total. The van der Waals surface area contributed by atoms with Crippen molar-refractivity contribution in [3.63, 3.8) is 0 Å². The quantitative estimate of drug-likeness (QED) is 0.512. The molecule has 4 nitrogen and oxygen atoms in total. The molecule has 3 aromatic carbocycles. The molecule has 32 heavy (non-hydrogen) atoms. The van der Waals surface area contributed by atoms with Crippen LogP contribution in [0.15, 0.2) is 78.9 Å². The van der Waals surface area contributed by atoms with Gasteiger partial charge in [-0.2, -0.15) is 0 Å². The van der Waals surface area contributed by atoms with Crippen molar-refractivity contribution in [2.24, 2.45) is 5.92 Å². The predicted octanol–water partition coefficient (Wildman–Crippen LogP) is 5.86. The van der Waals surface area contributed by atoms with Crippen LogP contribution in [0.2, 0.25) is 0 Å². The Balaban J connectivity index is 1.40. The Morgan fingerprint density at radius 1 is 1.00 bits per heavy atom. The first kappa shape index (κ1) is 20.8. The largest absolute Gasteiger partial charge is 0.485 e. The Bertz CT molecular complexity index is 1070. The number of hydrogen-bond acceptors (Lipinski definition) is 4. The van der Waals surface area contributed by atoms with Crippen LogP contribution in [0.25, 0.3) is 0 Å². The maximum atomic E-state index is 13.0. The molecule has 2 aliphatic rings. The van der Waals surface area contributed by atoms with Gasteiger partial charge in [-0.3, -0.25) is 4.79 Å². The second kappa shape index (κ2) is 9.17. The summed E-state index contributed by atoms with van der Waals surface area (Å²) in [6.07, 6.45) is 2.36.